The van der Waals surface area contributed by atoms with Crippen molar-refractivity contribution in [2.75, 3.05) is 31.1 Å². The Labute approximate surface area is 141 Å². The van der Waals surface area contributed by atoms with E-state index in [-0.39, 0.29) is 5.92 Å². The van der Waals surface area contributed by atoms with E-state index in [9.17, 15) is 4.79 Å². The molecule has 2 aromatic rings. The summed E-state index contributed by atoms with van der Waals surface area (Å²) in [5, 5.41) is 1.07. The van der Waals surface area contributed by atoms with Gasteiger partial charge in [0.05, 0.1) is 16.1 Å². The van der Waals surface area contributed by atoms with E-state index in [2.05, 4.69) is 34.9 Å². The number of hydrogen-bond acceptors (Lipinski definition) is 4. The van der Waals surface area contributed by atoms with Gasteiger partial charge in [0.15, 0.2) is 5.13 Å². The van der Waals surface area contributed by atoms with Crippen LogP contribution in [-0.4, -0.2) is 42.0 Å². The summed E-state index contributed by atoms with van der Waals surface area (Å²) >= 11 is 1.75. The van der Waals surface area contributed by atoms with Crippen LogP contribution in [-0.2, 0) is 4.79 Å². The van der Waals surface area contributed by atoms with E-state index in [0.717, 1.165) is 43.2 Å². The molecule has 0 spiro atoms. The summed E-state index contributed by atoms with van der Waals surface area (Å²) in [7, 11) is 0. The van der Waals surface area contributed by atoms with Crippen LogP contribution < -0.4 is 4.90 Å². The minimum Gasteiger partial charge on any atom is -0.347 e. The van der Waals surface area contributed by atoms with Crippen molar-refractivity contribution in [1.29, 1.82) is 0 Å². The van der Waals surface area contributed by atoms with Crippen LogP contribution in [0.25, 0.3) is 10.2 Å². The largest absolute Gasteiger partial charge is 0.347 e. The highest BCUT2D eigenvalue weighted by atomic mass is 32.1. The zero-order chi connectivity index (χ0) is 15.8. The Hall–Kier alpha value is -1.62. The highest BCUT2D eigenvalue weighted by Crippen LogP contribution is 2.33. The monoisotopic (exact) mass is 329 g/mol. The lowest BCUT2D eigenvalue weighted by molar-refractivity contribution is -0.135. The van der Waals surface area contributed by atoms with Gasteiger partial charge in [0.2, 0.25) is 5.91 Å². The van der Waals surface area contributed by atoms with E-state index >= 15 is 0 Å². The highest BCUT2D eigenvalue weighted by molar-refractivity contribution is 7.22. The average molecular weight is 329 g/mol. The van der Waals surface area contributed by atoms with Gasteiger partial charge in [-0.3, -0.25) is 4.79 Å². The van der Waals surface area contributed by atoms with Gasteiger partial charge in [0.1, 0.15) is 0 Å². The molecule has 0 bridgehead atoms. The van der Waals surface area contributed by atoms with Gasteiger partial charge in [0, 0.05) is 26.2 Å². The van der Waals surface area contributed by atoms with Crippen molar-refractivity contribution in [3.05, 3.63) is 23.8 Å². The van der Waals surface area contributed by atoms with Crippen LogP contribution in [0.4, 0.5) is 5.13 Å². The number of benzene rings is 1. The summed E-state index contributed by atoms with van der Waals surface area (Å²) in [6.45, 7) is 5.80. The van der Waals surface area contributed by atoms with Gasteiger partial charge in [-0.05, 0) is 50.3 Å². The van der Waals surface area contributed by atoms with Crippen LogP contribution in [0.1, 0.15) is 31.2 Å². The van der Waals surface area contributed by atoms with Crippen LogP contribution in [0, 0.1) is 12.8 Å². The van der Waals surface area contributed by atoms with Crippen LogP contribution in [0.5, 0.6) is 0 Å². The van der Waals surface area contributed by atoms with E-state index in [0.29, 0.717) is 5.91 Å². The SMILES string of the molecule is Cc1ccc2nc(N3CCC(C(=O)N4CCCCC4)C3)sc2c1. The molecule has 2 saturated heterocycles. The van der Waals surface area contributed by atoms with Crippen LogP contribution in [0.2, 0.25) is 0 Å². The van der Waals surface area contributed by atoms with Gasteiger partial charge >= 0.3 is 0 Å². The second kappa shape index (κ2) is 6.11. The highest BCUT2D eigenvalue weighted by Gasteiger charge is 2.33. The minimum absolute atomic E-state index is 0.154. The molecular weight excluding hydrogens is 306 g/mol. The van der Waals surface area contributed by atoms with Crippen molar-refractivity contribution >= 4 is 32.6 Å². The Morgan fingerprint density at radius 2 is 2.04 bits per heavy atom. The third-order valence-corrected chi connectivity index (χ3v) is 6.09. The van der Waals surface area contributed by atoms with E-state index in [1.54, 1.807) is 11.3 Å². The van der Waals surface area contributed by atoms with Gasteiger partial charge in [-0.15, -0.1) is 0 Å². The first-order valence-electron chi connectivity index (χ1n) is 8.61. The normalized spacial score (nSPS) is 22.0. The van der Waals surface area contributed by atoms with E-state index in [1.807, 2.05) is 0 Å². The second-order valence-corrected chi connectivity index (χ2v) is 7.79. The molecule has 1 unspecified atom stereocenters. The Morgan fingerprint density at radius 1 is 1.22 bits per heavy atom. The zero-order valence-corrected chi connectivity index (χ0v) is 14.4. The summed E-state index contributed by atoms with van der Waals surface area (Å²) in [5.74, 6) is 0.519. The van der Waals surface area contributed by atoms with Crippen LogP contribution >= 0.6 is 11.3 Å². The van der Waals surface area contributed by atoms with Crippen molar-refractivity contribution in [3.8, 4) is 0 Å². The quantitative estimate of drug-likeness (QED) is 0.847. The fourth-order valence-corrected chi connectivity index (χ4v) is 4.76. The third kappa shape index (κ3) is 2.94. The molecule has 122 valence electrons. The zero-order valence-electron chi connectivity index (χ0n) is 13.6. The molecule has 4 rings (SSSR count). The maximum atomic E-state index is 12.7. The van der Waals surface area contributed by atoms with Crippen molar-refractivity contribution in [2.45, 2.75) is 32.6 Å². The van der Waals surface area contributed by atoms with Crippen LogP contribution in [0.3, 0.4) is 0 Å². The van der Waals surface area contributed by atoms with Gasteiger partial charge in [-0.1, -0.05) is 17.4 Å². The summed E-state index contributed by atoms with van der Waals surface area (Å²) in [4.78, 5) is 21.8. The number of aromatic nitrogens is 1. The first-order valence-corrected chi connectivity index (χ1v) is 9.43. The number of carbonyl (C=O) groups is 1. The molecule has 1 aromatic carbocycles. The number of aryl methyl sites for hydroxylation is 1. The number of nitrogens with zero attached hydrogens (tertiary/aromatic N) is 3. The number of thiazole rings is 1. The molecule has 0 aliphatic carbocycles. The Kier molecular flexibility index (Phi) is 3.97. The molecule has 2 aliphatic rings. The van der Waals surface area contributed by atoms with Gasteiger partial charge in [0.25, 0.3) is 0 Å². The third-order valence-electron chi connectivity index (χ3n) is 5.01. The van der Waals surface area contributed by atoms with Gasteiger partial charge in [-0.25, -0.2) is 4.98 Å². The molecule has 1 amide bonds. The maximum absolute atomic E-state index is 12.7. The number of piperidine rings is 1. The Bertz CT molecular complexity index is 720. The molecular formula is C18H23N3OS. The Morgan fingerprint density at radius 3 is 2.87 bits per heavy atom. The molecule has 2 aliphatic heterocycles. The smallest absolute Gasteiger partial charge is 0.227 e. The number of likely N-dealkylation sites (tertiary alicyclic amines) is 1. The van der Waals surface area contributed by atoms with Crippen LogP contribution in [0.15, 0.2) is 18.2 Å². The molecule has 23 heavy (non-hydrogen) atoms. The number of hydrogen-bond donors (Lipinski definition) is 0. The van der Waals surface area contributed by atoms with Gasteiger partial charge < -0.3 is 9.80 Å². The molecule has 3 heterocycles. The van der Waals surface area contributed by atoms with E-state index in [1.165, 1.54) is 29.5 Å². The summed E-state index contributed by atoms with van der Waals surface area (Å²) < 4.78 is 1.24. The predicted octanol–water partition coefficient (Wildman–Crippen LogP) is 3.44. The molecule has 1 aromatic heterocycles. The first kappa shape index (κ1) is 14.9. The number of fused-ring (bicyclic) bond motifs is 1. The summed E-state index contributed by atoms with van der Waals surface area (Å²) in [6, 6.07) is 6.40. The number of rotatable bonds is 2. The number of amides is 1. The molecule has 1 atom stereocenters. The van der Waals surface area contributed by atoms with Crippen molar-refractivity contribution in [2.24, 2.45) is 5.92 Å². The fraction of sp³-hybridized carbons (Fsp3) is 0.556. The molecule has 0 N–H and O–H groups in total. The van der Waals surface area contributed by atoms with E-state index < -0.39 is 0 Å². The summed E-state index contributed by atoms with van der Waals surface area (Å²) in [6.07, 6.45) is 4.56. The lowest BCUT2D eigenvalue weighted by atomic mass is 10.0. The minimum atomic E-state index is 0.154. The lowest BCUT2D eigenvalue weighted by Crippen LogP contribution is -2.40. The molecule has 0 radical (unpaired) electrons. The fourth-order valence-electron chi connectivity index (χ4n) is 3.66. The van der Waals surface area contributed by atoms with Crippen molar-refractivity contribution in [3.63, 3.8) is 0 Å². The average Bonchev–Trinajstić information content (AvgIpc) is 3.21. The van der Waals surface area contributed by atoms with Crippen molar-refractivity contribution < 1.29 is 4.79 Å². The standard InChI is InChI=1S/C18H23N3OS/c1-13-5-6-15-16(11-13)23-18(19-15)21-10-7-14(12-21)17(22)20-8-3-2-4-9-20/h5-6,11,14H,2-4,7-10,12H2,1H3. The number of anilines is 1. The lowest BCUT2D eigenvalue weighted by Gasteiger charge is -2.29. The van der Waals surface area contributed by atoms with Gasteiger partial charge in [-0.2, -0.15) is 0 Å². The molecule has 0 saturated carbocycles. The van der Waals surface area contributed by atoms with Crippen molar-refractivity contribution in [1.82, 2.24) is 9.88 Å². The Balaban J connectivity index is 1.47. The summed E-state index contributed by atoms with van der Waals surface area (Å²) in [5.41, 5.74) is 2.34. The second-order valence-electron chi connectivity index (χ2n) is 6.79. The molecule has 4 nitrogen and oxygen atoms in total. The maximum Gasteiger partial charge on any atom is 0.227 e. The topological polar surface area (TPSA) is 36.4 Å². The molecule has 5 heteroatoms. The predicted molar refractivity (Wildman–Crippen MR) is 95.1 cm³/mol. The van der Waals surface area contributed by atoms with E-state index in [4.69, 9.17) is 4.98 Å². The first-order chi connectivity index (χ1) is 11.2. The number of carbonyl (C=O) groups excluding carboxylic acids is 1. The molecule has 2 fully saturated rings.